The fourth-order valence-electron chi connectivity index (χ4n) is 2.97. The van der Waals surface area contributed by atoms with Gasteiger partial charge in [-0.25, -0.2) is 4.68 Å². The maximum atomic E-state index is 13.1. The van der Waals surface area contributed by atoms with E-state index in [0.717, 1.165) is 17.0 Å². The Bertz CT molecular complexity index is 1160. The fourth-order valence-corrected chi connectivity index (χ4v) is 2.97. The van der Waals surface area contributed by atoms with E-state index in [1.54, 1.807) is 12.1 Å². The van der Waals surface area contributed by atoms with Gasteiger partial charge in [0.1, 0.15) is 5.75 Å². The molecule has 6 nitrogen and oxygen atoms in total. The summed E-state index contributed by atoms with van der Waals surface area (Å²) in [4.78, 5) is 13.1. The Morgan fingerprint density at radius 2 is 1.52 bits per heavy atom. The molecule has 0 amide bonds. The number of rotatable bonds is 6. The summed E-state index contributed by atoms with van der Waals surface area (Å²) in [5, 5.41) is 11.7. The Balaban J connectivity index is 1.77. The van der Waals surface area contributed by atoms with E-state index in [1.807, 2.05) is 79.7 Å². The molecule has 0 spiro atoms. The maximum Gasteiger partial charge on any atom is 0.299 e. The van der Waals surface area contributed by atoms with E-state index in [0.29, 0.717) is 18.0 Å². The summed E-state index contributed by atoms with van der Waals surface area (Å²) in [5.41, 5.74) is 2.85. The van der Waals surface area contributed by atoms with E-state index in [1.165, 1.54) is 4.68 Å². The number of aromatic nitrogens is 2. The van der Waals surface area contributed by atoms with Gasteiger partial charge in [-0.1, -0.05) is 48.5 Å². The second kappa shape index (κ2) is 8.39. The first kappa shape index (κ1) is 18.4. The number of hydrogen-bond acceptors (Lipinski definition) is 4. The largest absolute Gasteiger partial charge is 0.494 e. The van der Waals surface area contributed by atoms with Crippen LogP contribution in [-0.4, -0.2) is 16.4 Å². The van der Waals surface area contributed by atoms with Crippen molar-refractivity contribution in [1.29, 1.82) is 0 Å². The van der Waals surface area contributed by atoms with Gasteiger partial charge in [0.05, 0.1) is 23.7 Å². The molecule has 0 aliphatic heterocycles. The van der Waals surface area contributed by atoms with E-state index in [9.17, 15) is 4.79 Å². The van der Waals surface area contributed by atoms with Gasteiger partial charge in [-0.2, -0.15) is 5.11 Å². The molecule has 1 heterocycles. The summed E-state index contributed by atoms with van der Waals surface area (Å²) in [5.74, 6) is 0.768. The van der Waals surface area contributed by atoms with Gasteiger partial charge < -0.3 is 4.74 Å². The van der Waals surface area contributed by atoms with Crippen molar-refractivity contribution >= 4 is 11.4 Å². The highest BCUT2D eigenvalue weighted by atomic mass is 16.5. The van der Waals surface area contributed by atoms with Gasteiger partial charge in [0.25, 0.3) is 5.56 Å². The van der Waals surface area contributed by atoms with Gasteiger partial charge in [-0.3, -0.25) is 9.89 Å². The van der Waals surface area contributed by atoms with Crippen LogP contribution in [0.3, 0.4) is 0 Å². The lowest BCUT2D eigenvalue weighted by Gasteiger charge is -2.01. The van der Waals surface area contributed by atoms with E-state index in [2.05, 4.69) is 15.3 Å². The van der Waals surface area contributed by atoms with Crippen LogP contribution in [0.5, 0.6) is 5.75 Å². The van der Waals surface area contributed by atoms with Gasteiger partial charge in [0, 0.05) is 5.56 Å². The number of para-hydroxylation sites is 1. The van der Waals surface area contributed by atoms with Crippen molar-refractivity contribution in [2.24, 2.45) is 10.2 Å². The first-order valence-corrected chi connectivity index (χ1v) is 9.36. The minimum Gasteiger partial charge on any atom is -0.494 e. The molecule has 0 fully saturated rings. The summed E-state index contributed by atoms with van der Waals surface area (Å²) in [7, 11) is 0. The minimum absolute atomic E-state index is 0.258. The molecule has 0 aliphatic rings. The summed E-state index contributed by atoms with van der Waals surface area (Å²) in [6.07, 6.45) is 0. The molecule has 1 N–H and O–H groups in total. The SMILES string of the molecule is CCOc1ccc(N=Nc2c(-c3ccccc3)[nH]n(-c3ccccc3)c2=O)cc1. The average molecular weight is 384 g/mol. The Hall–Kier alpha value is -3.93. The Morgan fingerprint density at radius 3 is 2.17 bits per heavy atom. The Morgan fingerprint density at radius 1 is 0.862 bits per heavy atom. The average Bonchev–Trinajstić information content (AvgIpc) is 3.11. The molecule has 0 saturated carbocycles. The van der Waals surface area contributed by atoms with Crippen LogP contribution < -0.4 is 10.3 Å². The van der Waals surface area contributed by atoms with Crippen LogP contribution in [-0.2, 0) is 0 Å². The molecule has 0 radical (unpaired) electrons. The van der Waals surface area contributed by atoms with E-state index in [-0.39, 0.29) is 11.2 Å². The zero-order valence-electron chi connectivity index (χ0n) is 15.9. The van der Waals surface area contributed by atoms with Gasteiger partial charge >= 0.3 is 0 Å². The predicted octanol–water partition coefficient (Wildman–Crippen LogP) is 5.65. The summed E-state index contributed by atoms with van der Waals surface area (Å²) in [6, 6.07) is 26.3. The number of nitrogens with one attached hydrogen (secondary N) is 1. The second-order valence-electron chi connectivity index (χ2n) is 6.30. The van der Waals surface area contributed by atoms with Gasteiger partial charge in [-0.05, 0) is 43.3 Å². The van der Waals surface area contributed by atoms with Crippen molar-refractivity contribution in [1.82, 2.24) is 9.78 Å². The molecule has 0 bridgehead atoms. The van der Waals surface area contributed by atoms with Crippen molar-refractivity contribution in [3.8, 4) is 22.7 Å². The predicted molar refractivity (Wildman–Crippen MR) is 114 cm³/mol. The monoisotopic (exact) mass is 384 g/mol. The summed E-state index contributed by atoms with van der Waals surface area (Å²) >= 11 is 0. The van der Waals surface area contributed by atoms with Gasteiger partial charge in [0.2, 0.25) is 0 Å². The first-order chi connectivity index (χ1) is 14.3. The number of benzene rings is 3. The van der Waals surface area contributed by atoms with Crippen LogP contribution in [0.15, 0.2) is 100.0 Å². The topological polar surface area (TPSA) is 71.7 Å². The molecule has 144 valence electrons. The lowest BCUT2D eigenvalue weighted by molar-refractivity contribution is 0.340. The highest BCUT2D eigenvalue weighted by Crippen LogP contribution is 2.28. The highest BCUT2D eigenvalue weighted by Gasteiger charge is 2.16. The van der Waals surface area contributed by atoms with Crippen LogP contribution in [0, 0.1) is 0 Å². The maximum absolute atomic E-state index is 13.1. The van der Waals surface area contributed by atoms with Crippen molar-refractivity contribution in [2.75, 3.05) is 6.61 Å². The molecule has 6 heteroatoms. The van der Waals surface area contributed by atoms with Crippen LogP contribution in [0.1, 0.15) is 6.92 Å². The highest BCUT2D eigenvalue weighted by molar-refractivity contribution is 5.71. The zero-order valence-corrected chi connectivity index (χ0v) is 15.9. The van der Waals surface area contributed by atoms with E-state index in [4.69, 9.17) is 4.74 Å². The molecule has 29 heavy (non-hydrogen) atoms. The summed E-state index contributed by atoms with van der Waals surface area (Å²) in [6.45, 7) is 2.53. The Kier molecular flexibility index (Phi) is 5.33. The van der Waals surface area contributed by atoms with E-state index >= 15 is 0 Å². The van der Waals surface area contributed by atoms with Gasteiger partial charge in [-0.15, -0.1) is 5.11 Å². The smallest absolute Gasteiger partial charge is 0.299 e. The number of aromatic amines is 1. The minimum atomic E-state index is -0.260. The molecular weight excluding hydrogens is 364 g/mol. The van der Waals surface area contributed by atoms with Crippen molar-refractivity contribution in [2.45, 2.75) is 6.92 Å². The van der Waals surface area contributed by atoms with Crippen molar-refractivity contribution in [3.05, 3.63) is 95.3 Å². The second-order valence-corrected chi connectivity index (χ2v) is 6.30. The molecular formula is C23H20N4O2. The zero-order chi connectivity index (χ0) is 20.1. The Labute approximate surface area is 168 Å². The number of H-pyrrole nitrogens is 1. The summed E-state index contributed by atoms with van der Waals surface area (Å²) < 4.78 is 6.92. The third kappa shape index (κ3) is 4.01. The molecule has 0 saturated heterocycles. The molecule has 0 atom stereocenters. The molecule has 4 rings (SSSR count). The molecule has 0 aliphatic carbocycles. The lowest BCUT2D eigenvalue weighted by atomic mass is 10.1. The lowest BCUT2D eigenvalue weighted by Crippen LogP contribution is -2.13. The fraction of sp³-hybridized carbons (Fsp3) is 0.0870. The number of azo groups is 1. The molecule has 3 aromatic carbocycles. The first-order valence-electron chi connectivity index (χ1n) is 9.36. The number of hydrogen-bond donors (Lipinski definition) is 1. The normalized spacial score (nSPS) is 11.1. The third-order valence-corrected chi connectivity index (χ3v) is 4.36. The molecule has 4 aromatic rings. The third-order valence-electron chi connectivity index (χ3n) is 4.36. The van der Waals surface area contributed by atoms with Crippen LogP contribution in [0.2, 0.25) is 0 Å². The van der Waals surface area contributed by atoms with Crippen LogP contribution in [0.4, 0.5) is 11.4 Å². The van der Waals surface area contributed by atoms with E-state index < -0.39 is 0 Å². The number of nitrogens with zero attached hydrogens (tertiary/aromatic N) is 3. The van der Waals surface area contributed by atoms with Crippen LogP contribution >= 0.6 is 0 Å². The van der Waals surface area contributed by atoms with Gasteiger partial charge in [0.15, 0.2) is 5.69 Å². The van der Waals surface area contributed by atoms with Crippen molar-refractivity contribution in [3.63, 3.8) is 0 Å². The van der Waals surface area contributed by atoms with Crippen LogP contribution in [0.25, 0.3) is 16.9 Å². The standard InChI is InChI=1S/C23H20N4O2/c1-2-29-20-15-13-18(14-16-20)24-25-22-21(17-9-5-3-6-10-17)26-27(23(22)28)19-11-7-4-8-12-19/h3-16,26H,2H2,1H3. The quantitative estimate of drug-likeness (QED) is 0.437. The number of ether oxygens (including phenoxy) is 1. The van der Waals surface area contributed by atoms with Crippen molar-refractivity contribution < 1.29 is 4.74 Å². The molecule has 1 aromatic heterocycles. The molecule has 0 unspecified atom stereocenters.